The Balaban J connectivity index is 2.51. The molecule has 2 heterocycles. The standard InChI is InChI=1S/C11H16N6/c1-11(2,3)4-6-5-14-9-7(15-6)8(12)16-10(13)17-9/h5H,4H2,1-3H3,(H4,12,13,14,16,17). The first-order valence-electron chi connectivity index (χ1n) is 5.40. The third kappa shape index (κ3) is 2.58. The van der Waals surface area contributed by atoms with Crippen molar-refractivity contribution in [1.82, 2.24) is 19.9 Å². The first kappa shape index (κ1) is 11.5. The Morgan fingerprint density at radius 2 is 1.82 bits per heavy atom. The summed E-state index contributed by atoms with van der Waals surface area (Å²) in [6.07, 6.45) is 2.53. The average Bonchev–Trinajstić information content (AvgIpc) is 2.16. The van der Waals surface area contributed by atoms with Crippen molar-refractivity contribution in [2.24, 2.45) is 5.41 Å². The van der Waals surface area contributed by atoms with Crippen molar-refractivity contribution in [3.05, 3.63) is 11.9 Å². The van der Waals surface area contributed by atoms with Gasteiger partial charge < -0.3 is 11.5 Å². The van der Waals surface area contributed by atoms with Gasteiger partial charge in [-0.05, 0) is 11.8 Å². The second-order valence-electron chi connectivity index (χ2n) is 5.24. The fourth-order valence-corrected chi connectivity index (χ4v) is 1.61. The molecule has 0 fully saturated rings. The fourth-order valence-electron chi connectivity index (χ4n) is 1.61. The number of aromatic nitrogens is 4. The molecule has 0 saturated heterocycles. The van der Waals surface area contributed by atoms with Crippen LogP contribution in [0.4, 0.5) is 11.8 Å². The topological polar surface area (TPSA) is 104 Å². The SMILES string of the molecule is CC(C)(C)Cc1cnc2nc(N)nc(N)c2n1. The van der Waals surface area contributed by atoms with Gasteiger partial charge in [-0.3, -0.25) is 0 Å². The van der Waals surface area contributed by atoms with Crippen LogP contribution in [0.2, 0.25) is 0 Å². The zero-order valence-corrected chi connectivity index (χ0v) is 10.2. The lowest BCUT2D eigenvalue weighted by Gasteiger charge is -2.17. The molecule has 0 unspecified atom stereocenters. The van der Waals surface area contributed by atoms with Gasteiger partial charge >= 0.3 is 0 Å². The van der Waals surface area contributed by atoms with E-state index >= 15 is 0 Å². The van der Waals surface area contributed by atoms with Crippen LogP contribution in [0.25, 0.3) is 11.2 Å². The Bertz CT molecular complexity index is 558. The van der Waals surface area contributed by atoms with E-state index in [-0.39, 0.29) is 17.2 Å². The molecule has 6 heteroatoms. The molecule has 0 aliphatic rings. The second kappa shape index (κ2) is 3.80. The molecule has 0 aliphatic carbocycles. The van der Waals surface area contributed by atoms with E-state index in [1.165, 1.54) is 0 Å². The van der Waals surface area contributed by atoms with Crippen molar-refractivity contribution in [3.63, 3.8) is 0 Å². The Kier molecular flexibility index (Phi) is 2.57. The molecule has 0 saturated carbocycles. The van der Waals surface area contributed by atoms with Crippen LogP contribution in [0.1, 0.15) is 26.5 Å². The third-order valence-corrected chi connectivity index (χ3v) is 2.21. The lowest BCUT2D eigenvalue weighted by Crippen LogP contribution is -2.12. The highest BCUT2D eigenvalue weighted by molar-refractivity contribution is 5.81. The summed E-state index contributed by atoms with van der Waals surface area (Å²) in [6, 6.07) is 0. The van der Waals surface area contributed by atoms with E-state index in [1.54, 1.807) is 6.20 Å². The molecule has 2 rings (SSSR count). The summed E-state index contributed by atoms with van der Waals surface area (Å²) in [5.74, 6) is 0.392. The number of nitrogen functional groups attached to an aromatic ring is 2. The summed E-state index contributed by atoms with van der Waals surface area (Å²) in [6.45, 7) is 6.42. The van der Waals surface area contributed by atoms with Crippen molar-refractivity contribution in [2.75, 3.05) is 11.5 Å². The van der Waals surface area contributed by atoms with E-state index in [9.17, 15) is 0 Å². The molecule has 0 aliphatic heterocycles. The monoisotopic (exact) mass is 232 g/mol. The lowest BCUT2D eigenvalue weighted by molar-refractivity contribution is 0.406. The number of rotatable bonds is 1. The summed E-state index contributed by atoms with van der Waals surface area (Å²) < 4.78 is 0. The van der Waals surface area contributed by atoms with E-state index in [1.807, 2.05) is 0 Å². The summed E-state index contributed by atoms with van der Waals surface area (Å²) >= 11 is 0. The second-order valence-corrected chi connectivity index (χ2v) is 5.24. The smallest absolute Gasteiger partial charge is 0.224 e. The Labute approximate surface area is 99.5 Å². The highest BCUT2D eigenvalue weighted by atomic mass is 15.1. The molecule has 90 valence electrons. The average molecular weight is 232 g/mol. The van der Waals surface area contributed by atoms with Gasteiger partial charge in [-0.25, -0.2) is 9.97 Å². The first-order valence-corrected chi connectivity index (χ1v) is 5.40. The molecule has 2 aromatic heterocycles. The van der Waals surface area contributed by atoms with Gasteiger partial charge in [0.05, 0.1) is 11.9 Å². The third-order valence-electron chi connectivity index (χ3n) is 2.21. The van der Waals surface area contributed by atoms with Crippen molar-refractivity contribution < 1.29 is 0 Å². The predicted octanol–water partition coefficient (Wildman–Crippen LogP) is 1.17. The Hall–Kier alpha value is -1.98. The van der Waals surface area contributed by atoms with Gasteiger partial charge in [-0.15, -0.1) is 0 Å². The van der Waals surface area contributed by atoms with Gasteiger partial charge in [0.15, 0.2) is 17.0 Å². The summed E-state index contributed by atoms with van der Waals surface area (Å²) in [5, 5.41) is 0. The number of fused-ring (bicyclic) bond motifs is 1. The van der Waals surface area contributed by atoms with Crippen molar-refractivity contribution in [1.29, 1.82) is 0 Å². The van der Waals surface area contributed by atoms with Crippen molar-refractivity contribution in [2.45, 2.75) is 27.2 Å². The minimum Gasteiger partial charge on any atom is -0.382 e. The number of hydrogen-bond acceptors (Lipinski definition) is 6. The zero-order valence-electron chi connectivity index (χ0n) is 10.2. The maximum Gasteiger partial charge on any atom is 0.224 e. The van der Waals surface area contributed by atoms with Crippen molar-refractivity contribution >= 4 is 22.9 Å². The predicted molar refractivity (Wildman–Crippen MR) is 67.1 cm³/mol. The van der Waals surface area contributed by atoms with Gasteiger partial charge in [0.2, 0.25) is 5.95 Å². The molecule has 0 radical (unpaired) electrons. The van der Waals surface area contributed by atoms with Crippen LogP contribution < -0.4 is 11.5 Å². The summed E-state index contributed by atoms with van der Waals surface area (Å²) in [5.41, 5.74) is 13.2. The van der Waals surface area contributed by atoms with Crippen LogP contribution in [0.15, 0.2) is 6.20 Å². The largest absolute Gasteiger partial charge is 0.382 e. The molecule has 0 bridgehead atoms. The molecular weight excluding hydrogens is 216 g/mol. The minimum atomic E-state index is 0.118. The van der Waals surface area contributed by atoms with Crippen LogP contribution in [0, 0.1) is 5.41 Å². The highest BCUT2D eigenvalue weighted by Gasteiger charge is 2.14. The van der Waals surface area contributed by atoms with Crippen LogP contribution in [-0.4, -0.2) is 19.9 Å². The van der Waals surface area contributed by atoms with E-state index in [2.05, 4.69) is 40.7 Å². The van der Waals surface area contributed by atoms with Crippen LogP contribution in [-0.2, 0) is 6.42 Å². The summed E-state index contributed by atoms with van der Waals surface area (Å²) in [4.78, 5) is 16.5. The Morgan fingerprint density at radius 3 is 2.47 bits per heavy atom. The van der Waals surface area contributed by atoms with Crippen LogP contribution in [0.3, 0.4) is 0 Å². The van der Waals surface area contributed by atoms with Gasteiger partial charge in [0, 0.05) is 0 Å². The lowest BCUT2D eigenvalue weighted by atomic mass is 9.91. The molecule has 2 aromatic rings. The van der Waals surface area contributed by atoms with Gasteiger partial charge in [0.1, 0.15) is 0 Å². The quantitative estimate of drug-likeness (QED) is 0.765. The number of anilines is 2. The van der Waals surface area contributed by atoms with E-state index in [0.29, 0.717) is 11.2 Å². The molecule has 0 aromatic carbocycles. The van der Waals surface area contributed by atoms with Gasteiger partial charge in [-0.2, -0.15) is 9.97 Å². The molecule has 17 heavy (non-hydrogen) atoms. The molecule has 0 atom stereocenters. The minimum absolute atomic E-state index is 0.118. The summed E-state index contributed by atoms with van der Waals surface area (Å²) in [7, 11) is 0. The highest BCUT2D eigenvalue weighted by Crippen LogP contribution is 2.21. The Morgan fingerprint density at radius 1 is 1.12 bits per heavy atom. The van der Waals surface area contributed by atoms with E-state index < -0.39 is 0 Å². The van der Waals surface area contributed by atoms with Gasteiger partial charge in [0.25, 0.3) is 0 Å². The van der Waals surface area contributed by atoms with E-state index in [4.69, 9.17) is 11.5 Å². The number of nitrogens with two attached hydrogens (primary N) is 2. The zero-order chi connectivity index (χ0) is 12.6. The normalized spacial score (nSPS) is 11.9. The maximum absolute atomic E-state index is 5.76. The molecule has 0 amide bonds. The maximum atomic E-state index is 5.76. The van der Waals surface area contributed by atoms with Crippen molar-refractivity contribution in [3.8, 4) is 0 Å². The molecule has 6 nitrogen and oxygen atoms in total. The molecule has 0 spiro atoms. The van der Waals surface area contributed by atoms with Gasteiger partial charge in [-0.1, -0.05) is 20.8 Å². The first-order chi connectivity index (χ1) is 7.85. The fraction of sp³-hybridized carbons (Fsp3) is 0.455. The molecule has 4 N–H and O–H groups in total. The van der Waals surface area contributed by atoms with Crippen LogP contribution in [0.5, 0.6) is 0 Å². The number of hydrogen-bond donors (Lipinski definition) is 2. The molecular formula is C11H16N6. The van der Waals surface area contributed by atoms with Crippen LogP contribution >= 0.6 is 0 Å². The van der Waals surface area contributed by atoms with E-state index in [0.717, 1.165) is 12.1 Å². The number of nitrogens with zero attached hydrogens (tertiary/aromatic N) is 4.